The smallest absolute Gasteiger partial charge is 0.131 e. The summed E-state index contributed by atoms with van der Waals surface area (Å²) >= 11 is 8.14. The summed E-state index contributed by atoms with van der Waals surface area (Å²) in [5, 5.41) is 8.12. The molecule has 0 unspecified atom stereocenters. The number of nitrogens with zero attached hydrogens (tertiary/aromatic N) is 1. The van der Waals surface area contributed by atoms with Crippen molar-refractivity contribution in [1.29, 1.82) is 0 Å². The van der Waals surface area contributed by atoms with E-state index in [0.29, 0.717) is 5.92 Å². The molecule has 0 bridgehead atoms. The summed E-state index contributed by atoms with van der Waals surface area (Å²) in [6.07, 6.45) is 0. The Labute approximate surface area is 114 Å². The van der Waals surface area contributed by atoms with Crippen molar-refractivity contribution in [3.8, 4) is 11.1 Å². The Balaban J connectivity index is 2.54. The minimum atomic E-state index is 0.432. The highest BCUT2D eigenvalue weighted by atomic mass is 127. The molecule has 2 rings (SSSR count). The summed E-state index contributed by atoms with van der Waals surface area (Å²) < 4.78 is 1.00. The molecular weight excluding hydrogens is 335 g/mol. The van der Waals surface area contributed by atoms with Gasteiger partial charge in [0, 0.05) is 16.3 Å². The van der Waals surface area contributed by atoms with Gasteiger partial charge >= 0.3 is 0 Å². The lowest BCUT2D eigenvalue weighted by Crippen LogP contribution is -1.91. The molecule has 1 aromatic heterocycles. The molecule has 84 valence electrons. The molecule has 0 spiro atoms. The quantitative estimate of drug-likeness (QED) is 0.799. The maximum atomic E-state index is 5.89. The molecular formula is C12H12ClIN2. The lowest BCUT2D eigenvalue weighted by atomic mass is 10.0. The van der Waals surface area contributed by atoms with Gasteiger partial charge in [-0.15, -0.1) is 0 Å². The van der Waals surface area contributed by atoms with Crippen molar-refractivity contribution >= 4 is 34.2 Å². The van der Waals surface area contributed by atoms with Crippen LogP contribution in [0.25, 0.3) is 11.1 Å². The van der Waals surface area contributed by atoms with E-state index in [1.54, 1.807) is 0 Å². The van der Waals surface area contributed by atoms with E-state index in [0.717, 1.165) is 14.3 Å². The lowest BCUT2D eigenvalue weighted by molar-refractivity contribution is 0.811. The molecule has 4 heteroatoms. The molecule has 16 heavy (non-hydrogen) atoms. The Morgan fingerprint density at radius 1 is 1.25 bits per heavy atom. The van der Waals surface area contributed by atoms with E-state index >= 15 is 0 Å². The standard InChI is InChI=1S/C12H12ClIN2/c1-7(2)11-10(12(14)16-15-11)8-3-5-9(13)6-4-8/h3-7H,1-2H3,(H,15,16). The van der Waals surface area contributed by atoms with Gasteiger partial charge in [0.15, 0.2) is 0 Å². The van der Waals surface area contributed by atoms with Gasteiger partial charge in [-0.25, -0.2) is 0 Å². The molecule has 1 N–H and O–H groups in total. The highest BCUT2D eigenvalue weighted by molar-refractivity contribution is 14.1. The number of H-pyrrole nitrogens is 1. The van der Waals surface area contributed by atoms with Crippen LogP contribution < -0.4 is 0 Å². The Kier molecular flexibility index (Phi) is 3.54. The largest absolute Gasteiger partial charge is 0.281 e. The average Bonchev–Trinajstić information content (AvgIpc) is 2.62. The number of rotatable bonds is 2. The Morgan fingerprint density at radius 2 is 1.88 bits per heavy atom. The zero-order valence-corrected chi connectivity index (χ0v) is 12.0. The number of hydrogen-bond donors (Lipinski definition) is 1. The summed E-state index contributed by atoms with van der Waals surface area (Å²) in [7, 11) is 0. The summed E-state index contributed by atoms with van der Waals surface area (Å²) in [5.41, 5.74) is 3.52. The molecule has 0 saturated heterocycles. The Hall–Kier alpha value is -0.550. The Morgan fingerprint density at radius 3 is 2.44 bits per heavy atom. The molecule has 2 nitrogen and oxygen atoms in total. The highest BCUT2D eigenvalue weighted by Crippen LogP contribution is 2.31. The fraction of sp³-hybridized carbons (Fsp3) is 0.250. The molecule has 0 aliphatic heterocycles. The van der Waals surface area contributed by atoms with Gasteiger partial charge in [0.2, 0.25) is 0 Å². The minimum absolute atomic E-state index is 0.432. The number of halogens is 2. The van der Waals surface area contributed by atoms with Crippen LogP contribution in [0.2, 0.25) is 5.02 Å². The molecule has 0 fully saturated rings. The first-order valence-electron chi connectivity index (χ1n) is 5.09. The lowest BCUT2D eigenvalue weighted by Gasteiger charge is -2.06. The molecule has 0 aliphatic rings. The third-order valence-electron chi connectivity index (χ3n) is 2.46. The van der Waals surface area contributed by atoms with E-state index in [1.165, 1.54) is 11.3 Å². The van der Waals surface area contributed by atoms with Crippen molar-refractivity contribution in [2.45, 2.75) is 19.8 Å². The summed E-state index contributed by atoms with van der Waals surface area (Å²) in [4.78, 5) is 0. The molecule has 0 radical (unpaired) electrons. The van der Waals surface area contributed by atoms with Crippen molar-refractivity contribution in [1.82, 2.24) is 10.2 Å². The minimum Gasteiger partial charge on any atom is -0.281 e. The van der Waals surface area contributed by atoms with Gasteiger partial charge in [-0.2, -0.15) is 5.10 Å². The topological polar surface area (TPSA) is 28.7 Å². The molecule has 0 amide bonds. The number of nitrogens with one attached hydrogen (secondary N) is 1. The summed E-state index contributed by atoms with van der Waals surface area (Å²) in [5.74, 6) is 0.432. The van der Waals surface area contributed by atoms with Gasteiger partial charge in [-0.1, -0.05) is 37.6 Å². The molecule has 0 atom stereocenters. The van der Waals surface area contributed by atoms with Crippen molar-refractivity contribution < 1.29 is 0 Å². The normalized spacial score (nSPS) is 11.1. The van der Waals surface area contributed by atoms with E-state index in [4.69, 9.17) is 11.6 Å². The predicted octanol–water partition coefficient (Wildman–Crippen LogP) is 4.46. The third kappa shape index (κ3) is 2.25. The number of hydrogen-bond acceptors (Lipinski definition) is 1. The molecule has 0 saturated carbocycles. The second-order valence-corrected chi connectivity index (χ2v) is 5.42. The highest BCUT2D eigenvalue weighted by Gasteiger charge is 2.15. The van der Waals surface area contributed by atoms with Crippen LogP contribution in [0, 0.1) is 3.70 Å². The molecule has 1 heterocycles. The molecule has 1 aromatic carbocycles. The van der Waals surface area contributed by atoms with Crippen LogP contribution in [-0.4, -0.2) is 10.2 Å². The van der Waals surface area contributed by atoms with Crippen LogP contribution in [0.15, 0.2) is 24.3 Å². The SMILES string of the molecule is CC(C)c1[nH]nc(I)c1-c1ccc(Cl)cc1. The van der Waals surface area contributed by atoms with E-state index in [9.17, 15) is 0 Å². The van der Waals surface area contributed by atoms with Crippen LogP contribution in [0.3, 0.4) is 0 Å². The first-order chi connectivity index (χ1) is 7.59. The van der Waals surface area contributed by atoms with Crippen LogP contribution in [0.4, 0.5) is 0 Å². The fourth-order valence-corrected chi connectivity index (χ4v) is 2.49. The maximum Gasteiger partial charge on any atom is 0.131 e. The summed E-state index contributed by atoms with van der Waals surface area (Å²) in [6, 6.07) is 7.87. The van der Waals surface area contributed by atoms with E-state index < -0.39 is 0 Å². The first-order valence-corrected chi connectivity index (χ1v) is 6.55. The zero-order chi connectivity index (χ0) is 11.7. The van der Waals surface area contributed by atoms with Gasteiger partial charge in [0.1, 0.15) is 3.70 Å². The first kappa shape index (κ1) is 11.9. The van der Waals surface area contributed by atoms with Gasteiger partial charge in [0.05, 0.1) is 0 Å². The third-order valence-corrected chi connectivity index (χ3v) is 3.49. The number of aromatic amines is 1. The van der Waals surface area contributed by atoms with E-state index in [-0.39, 0.29) is 0 Å². The van der Waals surface area contributed by atoms with Crippen LogP contribution in [0.1, 0.15) is 25.5 Å². The number of benzene rings is 1. The van der Waals surface area contributed by atoms with Crippen LogP contribution >= 0.6 is 34.2 Å². The van der Waals surface area contributed by atoms with E-state index in [2.05, 4.69) is 46.6 Å². The molecule has 2 aromatic rings. The second kappa shape index (κ2) is 4.75. The van der Waals surface area contributed by atoms with Crippen LogP contribution in [-0.2, 0) is 0 Å². The number of aromatic nitrogens is 2. The van der Waals surface area contributed by atoms with Crippen molar-refractivity contribution in [2.24, 2.45) is 0 Å². The van der Waals surface area contributed by atoms with Crippen molar-refractivity contribution in [2.75, 3.05) is 0 Å². The fourth-order valence-electron chi connectivity index (χ4n) is 1.64. The monoisotopic (exact) mass is 346 g/mol. The van der Waals surface area contributed by atoms with Gasteiger partial charge < -0.3 is 0 Å². The summed E-state index contributed by atoms with van der Waals surface area (Å²) in [6.45, 7) is 4.31. The van der Waals surface area contributed by atoms with Gasteiger partial charge in [-0.05, 0) is 46.2 Å². The van der Waals surface area contributed by atoms with Crippen molar-refractivity contribution in [3.63, 3.8) is 0 Å². The van der Waals surface area contributed by atoms with Gasteiger partial charge in [0.25, 0.3) is 0 Å². The van der Waals surface area contributed by atoms with Crippen LogP contribution in [0.5, 0.6) is 0 Å². The van der Waals surface area contributed by atoms with E-state index in [1.807, 2.05) is 24.3 Å². The second-order valence-electron chi connectivity index (χ2n) is 3.96. The van der Waals surface area contributed by atoms with Crippen molar-refractivity contribution in [3.05, 3.63) is 38.7 Å². The molecule has 0 aliphatic carbocycles. The van der Waals surface area contributed by atoms with Gasteiger partial charge in [-0.3, -0.25) is 5.10 Å². The Bertz CT molecular complexity index is 488. The predicted molar refractivity (Wildman–Crippen MR) is 75.8 cm³/mol. The average molecular weight is 347 g/mol. The zero-order valence-electron chi connectivity index (χ0n) is 9.09. The maximum absolute atomic E-state index is 5.89.